The average molecular weight is 371 g/mol. The molecule has 0 amide bonds. The molecule has 0 bridgehead atoms. The number of nitrogens with one attached hydrogen (secondary N) is 1. The quantitative estimate of drug-likeness (QED) is 0.735. The van der Waals surface area contributed by atoms with E-state index in [1.165, 1.54) is 44.1 Å². The van der Waals surface area contributed by atoms with Crippen molar-refractivity contribution in [3.63, 3.8) is 0 Å². The van der Waals surface area contributed by atoms with Crippen molar-refractivity contribution in [1.29, 1.82) is 0 Å². The van der Waals surface area contributed by atoms with E-state index in [9.17, 15) is 5.11 Å². The third-order valence-corrected chi connectivity index (χ3v) is 7.66. The van der Waals surface area contributed by atoms with Crippen molar-refractivity contribution in [2.45, 2.75) is 94.2 Å². The minimum absolute atomic E-state index is 0.262. The number of hydrogen-bond acceptors (Lipinski definition) is 3. The van der Waals surface area contributed by atoms with Gasteiger partial charge in [0, 0.05) is 30.6 Å². The fourth-order valence-electron chi connectivity index (χ4n) is 5.87. The number of hydrogen-bond donors (Lipinski definition) is 2. The van der Waals surface area contributed by atoms with Crippen molar-refractivity contribution in [2.24, 2.45) is 0 Å². The minimum atomic E-state index is -0.432. The number of fused-ring (bicyclic) bond motifs is 1. The molecule has 2 aliphatic heterocycles. The van der Waals surface area contributed by atoms with Crippen molar-refractivity contribution < 1.29 is 5.11 Å². The largest absolute Gasteiger partial charge is 0.390 e. The molecule has 3 unspecified atom stereocenters. The number of piperidine rings is 2. The lowest BCUT2D eigenvalue weighted by Crippen LogP contribution is -2.57. The van der Waals surface area contributed by atoms with Crippen LogP contribution < -0.4 is 5.32 Å². The third kappa shape index (κ3) is 4.58. The molecule has 2 heterocycles. The molecule has 0 spiro atoms. The molecule has 1 aromatic carbocycles. The first-order chi connectivity index (χ1) is 13.1. The Kier molecular flexibility index (Phi) is 5.92. The maximum absolute atomic E-state index is 11.2. The number of aliphatic hydroxyl groups is 1. The van der Waals surface area contributed by atoms with Gasteiger partial charge in [0.15, 0.2) is 0 Å². The Labute approximate surface area is 165 Å². The molecule has 4 rings (SSSR count). The lowest BCUT2D eigenvalue weighted by atomic mass is 9.70. The van der Waals surface area contributed by atoms with Crippen LogP contribution in [0.3, 0.4) is 0 Å². The van der Waals surface area contributed by atoms with Gasteiger partial charge >= 0.3 is 0 Å². The SMILES string of the molecule is CC1(c2ccccc2)CCC2CC(O)(CCCNC3CCCC3)CCN2C1. The molecule has 0 radical (unpaired) electrons. The number of rotatable bonds is 6. The number of nitrogens with zero attached hydrogens (tertiary/aromatic N) is 1. The summed E-state index contributed by atoms with van der Waals surface area (Å²) in [5.41, 5.74) is 1.31. The highest BCUT2D eigenvalue weighted by atomic mass is 16.3. The van der Waals surface area contributed by atoms with Crippen molar-refractivity contribution in [3.05, 3.63) is 35.9 Å². The summed E-state index contributed by atoms with van der Waals surface area (Å²) < 4.78 is 0. The van der Waals surface area contributed by atoms with Gasteiger partial charge in [0.25, 0.3) is 0 Å². The molecule has 1 saturated carbocycles. The molecule has 2 N–H and O–H groups in total. The van der Waals surface area contributed by atoms with Crippen LogP contribution >= 0.6 is 0 Å². The van der Waals surface area contributed by atoms with E-state index >= 15 is 0 Å². The van der Waals surface area contributed by atoms with Crippen LogP contribution in [0.4, 0.5) is 0 Å². The summed E-state index contributed by atoms with van der Waals surface area (Å²) in [6.07, 6.45) is 11.9. The normalized spacial score (nSPS) is 35.3. The highest BCUT2D eigenvalue weighted by molar-refractivity contribution is 5.26. The first-order valence-corrected chi connectivity index (χ1v) is 11.3. The standard InChI is InChI=1S/C24H38N2O/c1-23(20-8-3-2-4-9-20)14-12-22-18-24(27,15-17-26(22)19-23)13-7-16-25-21-10-5-6-11-21/h2-4,8-9,21-22,25,27H,5-7,10-19H2,1H3. The monoisotopic (exact) mass is 370 g/mol. The molecule has 3 aliphatic rings. The molecule has 3 atom stereocenters. The fraction of sp³-hybridized carbons (Fsp3) is 0.750. The summed E-state index contributed by atoms with van der Waals surface area (Å²) in [6, 6.07) is 12.3. The van der Waals surface area contributed by atoms with E-state index in [0.717, 1.165) is 51.4 Å². The molecule has 3 heteroatoms. The van der Waals surface area contributed by atoms with Gasteiger partial charge in [0.2, 0.25) is 0 Å². The molecule has 1 aromatic rings. The predicted octanol–water partition coefficient (Wildman–Crippen LogP) is 4.25. The smallest absolute Gasteiger partial charge is 0.0675 e. The molecule has 3 fully saturated rings. The van der Waals surface area contributed by atoms with Crippen molar-refractivity contribution in [3.8, 4) is 0 Å². The Morgan fingerprint density at radius 1 is 1.11 bits per heavy atom. The van der Waals surface area contributed by atoms with Crippen LogP contribution in [0, 0.1) is 0 Å². The van der Waals surface area contributed by atoms with Gasteiger partial charge in [0.05, 0.1) is 5.60 Å². The van der Waals surface area contributed by atoms with Gasteiger partial charge in [-0.15, -0.1) is 0 Å². The Hall–Kier alpha value is -0.900. The van der Waals surface area contributed by atoms with Crippen LogP contribution in [0.2, 0.25) is 0 Å². The third-order valence-electron chi connectivity index (χ3n) is 7.66. The Bertz CT molecular complexity index is 600. The van der Waals surface area contributed by atoms with E-state index in [-0.39, 0.29) is 5.41 Å². The topological polar surface area (TPSA) is 35.5 Å². The van der Waals surface area contributed by atoms with Gasteiger partial charge in [-0.3, -0.25) is 4.90 Å². The molecule has 1 aliphatic carbocycles. The Morgan fingerprint density at radius 2 is 1.89 bits per heavy atom. The molecule has 2 saturated heterocycles. The number of benzene rings is 1. The van der Waals surface area contributed by atoms with Gasteiger partial charge < -0.3 is 10.4 Å². The molecule has 27 heavy (non-hydrogen) atoms. The van der Waals surface area contributed by atoms with Gasteiger partial charge in [-0.2, -0.15) is 0 Å². The second-order valence-electron chi connectivity index (χ2n) is 9.81. The van der Waals surface area contributed by atoms with Crippen LogP contribution in [-0.4, -0.2) is 47.3 Å². The van der Waals surface area contributed by atoms with Gasteiger partial charge in [-0.1, -0.05) is 50.1 Å². The molecular formula is C24H38N2O. The molecular weight excluding hydrogens is 332 g/mol. The van der Waals surface area contributed by atoms with Crippen LogP contribution in [-0.2, 0) is 5.41 Å². The second-order valence-corrected chi connectivity index (χ2v) is 9.81. The van der Waals surface area contributed by atoms with Gasteiger partial charge in [0.1, 0.15) is 0 Å². The Morgan fingerprint density at radius 3 is 2.67 bits per heavy atom. The summed E-state index contributed by atoms with van der Waals surface area (Å²) >= 11 is 0. The van der Waals surface area contributed by atoms with Crippen LogP contribution in [0.1, 0.15) is 76.7 Å². The summed E-state index contributed by atoms with van der Waals surface area (Å²) in [5, 5.41) is 14.9. The zero-order valence-electron chi connectivity index (χ0n) is 17.1. The van der Waals surface area contributed by atoms with Crippen LogP contribution in [0.15, 0.2) is 30.3 Å². The summed E-state index contributed by atoms with van der Waals surface area (Å²) in [7, 11) is 0. The maximum atomic E-state index is 11.2. The first-order valence-electron chi connectivity index (χ1n) is 11.3. The zero-order chi connectivity index (χ0) is 18.7. The van der Waals surface area contributed by atoms with E-state index in [2.05, 4.69) is 47.5 Å². The predicted molar refractivity (Wildman–Crippen MR) is 112 cm³/mol. The zero-order valence-corrected chi connectivity index (χ0v) is 17.1. The van der Waals surface area contributed by atoms with Crippen molar-refractivity contribution in [2.75, 3.05) is 19.6 Å². The van der Waals surface area contributed by atoms with E-state index < -0.39 is 5.60 Å². The highest BCUT2D eigenvalue weighted by Gasteiger charge is 2.44. The first kappa shape index (κ1) is 19.4. The summed E-state index contributed by atoms with van der Waals surface area (Å²) in [4.78, 5) is 2.67. The van der Waals surface area contributed by atoms with Gasteiger partial charge in [-0.05, 0) is 63.5 Å². The lowest BCUT2D eigenvalue weighted by molar-refractivity contribution is -0.0719. The molecule has 3 nitrogen and oxygen atoms in total. The van der Waals surface area contributed by atoms with E-state index in [0.29, 0.717) is 6.04 Å². The highest BCUT2D eigenvalue weighted by Crippen LogP contribution is 2.42. The van der Waals surface area contributed by atoms with E-state index in [1.807, 2.05) is 0 Å². The summed E-state index contributed by atoms with van der Waals surface area (Å²) in [6.45, 7) is 5.70. The molecule has 0 aromatic heterocycles. The summed E-state index contributed by atoms with van der Waals surface area (Å²) in [5.74, 6) is 0. The Balaban J connectivity index is 1.27. The van der Waals surface area contributed by atoms with Gasteiger partial charge in [-0.25, -0.2) is 0 Å². The van der Waals surface area contributed by atoms with E-state index in [1.54, 1.807) is 0 Å². The van der Waals surface area contributed by atoms with Crippen molar-refractivity contribution >= 4 is 0 Å². The van der Waals surface area contributed by atoms with Crippen molar-refractivity contribution in [1.82, 2.24) is 10.2 Å². The second kappa shape index (κ2) is 8.23. The van der Waals surface area contributed by atoms with Crippen LogP contribution in [0.5, 0.6) is 0 Å². The fourth-order valence-corrected chi connectivity index (χ4v) is 5.87. The minimum Gasteiger partial charge on any atom is -0.390 e. The van der Waals surface area contributed by atoms with Crippen LogP contribution in [0.25, 0.3) is 0 Å². The average Bonchev–Trinajstić information content (AvgIpc) is 3.20. The molecule has 150 valence electrons. The van der Waals surface area contributed by atoms with E-state index in [4.69, 9.17) is 0 Å². The lowest BCUT2D eigenvalue weighted by Gasteiger charge is -2.51. The maximum Gasteiger partial charge on any atom is 0.0675 e.